The minimum absolute atomic E-state index is 0.492. The molecular weight excluding hydrogens is 256 g/mol. The number of rotatable bonds is 3. The van der Waals surface area contributed by atoms with Crippen LogP contribution in [0.4, 0.5) is 5.69 Å². The lowest BCUT2D eigenvalue weighted by Gasteiger charge is -2.09. The largest absolute Gasteiger partial charge is 0.439 e. The number of hydrazine groups is 2. The first-order valence-electron chi connectivity index (χ1n) is 6.05. The van der Waals surface area contributed by atoms with Gasteiger partial charge in [0.2, 0.25) is 5.88 Å². The first-order chi connectivity index (χ1) is 9.70. The number of nitrogen functional groups attached to an aromatic ring is 1. The number of hydrogen-bond donors (Lipinski definition) is 3. The molecule has 7 heteroatoms. The number of nitrogens with zero attached hydrogens (tertiary/aromatic N) is 3. The average Bonchev–Trinajstić information content (AvgIpc) is 2.89. The Balaban J connectivity index is 1.79. The molecule has 3 rings (SSSR count). The maximum absolute atomic E-state index is 5.68. The fraction of sp³-hybridized carbons (Fsp3) is 0.0769. The molecule has 0 fully saturated rings. The Labute approximate surface area is 116 Å². The zero-order valence-electron chi connectivity index (χ0n) is 10.9. The summed E-state index contributed by atoms with van der Waals surface area (Å²) in [6.07, 6.45) is 0. The van der Waals surface area contributed by atoms with Gasteiger partial charge in [-0.15, -0.1) is 10.2 Å². The van der Waals surface area contributed by atoms with E-state index in [0.29, 0.717) is 28.8 Å². The lowest BCUT2D eigenvalue weighted by Crippen LogP contribution is -2.38. The van der Waals surface area contributed by atoms with E-state index in [1.165, 1.54) is 0 Å². The molecule has 0 spiro atoms. The number of hydrazone groups is 1. The van der Waals surface area contributed by atoms with Crippen LogP contribution >= 0.6 is 0 Å². The predicted octanol–water partition coefficient (Wildman–Crippen LogP) is 1.07. The van der Waals surface area contributed by atoms with E-state index in [2.05, 4.69) is 21.0 Å². The van der Waals surface area contributed by atoms with Crippen LogP contribution in [0.1, 0.15) is 5.69 Å². The van der Waals surface area contributed by atoms with Crippen molar-refractivity contribution in [2.75, 3.05) is 12.8 Å². The average molecular weight is 270 g/mol. The molecule has 0 amide bonds. The van der Waals surface area contributed by atoms with Gasteiger partial charge in [-0.2, -0.15) is 0 Å². The molecule has 0 atom stereocenters. The summed E-state index contributed by atoms with van der Waals surface area (Å²) < 4.78 is 5.68. The molecule has 0 radical (unpaired) electrons. The van der Waals surface area contributed by atoms with Gasteiger partial charge in [0.15, 0.2) is 5.84 Å². The van der Waals surface area contributed by atoms with Crippen LogP contribution in [0, 0.1) is 0 Å². The van der Waals surface area contributed by atoms with Crippen LogP contribution in [-0.2, 0) is 0 Å². The zero-order valence-corrected chi connectivity index (χ0v) is 10.9. The van der Waals surface area contributed by atoms with Crippen LogP contribution in [0.5, 0.6) is 11.6 Å². The van der Waals surface area contributed by atoms with Gasteiger partial charge in [-0.25, -0.2) is 10.5 Å². The van der Waals surface area contributed by atoms with Gasteiger partial charge >= 0.3 is 0 Å². The van der Waals surface area contributed by atoms with E-state index in [9.17, 15) is 0 Å². The number of benzene rings is 1. The SMILES string of the molecule is CN1NN=C(c2cccc(Oc3ccc(N)cc3)n2)N1. The molecule has 2 heterocycles. The number of nitrogens with one attached hydrogen (secondary N) is 2. The Hall–Kier alpha value is -2.80. The topological polar surface area (TPSA) is 87.8 Å². The Morgan fingerprint density at radius 2 is 1.95 bits per heavy atom. The summed E-state index contributed by atoms with van der Waals surface area (Å²) in [5.74, 6) is 1.81. The molecule has 102 valence electrons. The Bertz CT molecular complexity index is 640. The van der Waals surface area contributed by atoms with Crippen LogP contribution in [0.25, 0.3) is 0 Å². The number of anilines is 1. The molecule has 0 unspecified atom stereocenters. The Kier molecular flexibility index (Phi) is 3.10. The minimum atomic E-state index is 0.492. The van der Waals surface area contributed by atoms with Gasteiger partial charge in [0.25, 0.3) is 0 Å². The molecule has 1 aromatic carbocycles. The molecule has 1 aliphatic rings. The van der Waals surface area contributed by atoms with Crippen molar-refractivity contribution in [1.29, 1.82) is 0 Å². The van der Waals surface area contributed by atoms with Crippen molar-refractivity contribution in [3.05, 3.63) is 48.2 Å². The number of nitrogens with two attached hydrogens (primary N) is 1. The zero-order chi connectivity index (χ0) is 13.9. The molecule has 1 aromatic heterocycles. The van der Waals surface area contributed by atoms with E-state index in [4.69, 9.17) is 10.5 Å². The maximum Gasteiger partial charge on any atom is 0.219 e. The molecule has 2 aromatic rings. The normalized spacial score (nSPS) is 14.3. The van der Waals surface area contributed by atoms with E-state index in [1.807, 2.05) is 19.2 Å². The molecule has 0 saturated heterocycles. The van der Waals surface area contributed by atoms with E-state index < -0.39 is 0 Å². The summed E-state index contributed by atoms with van der Waals surface area (Å²) in [6.45, 7) is 0. The van der Waals surface area contributed by atoms with Crippen molar-refractivity contribution in [1.82, 2.24) is 21.1 Å². The first-order valence-corrected chi connectivity index (χ1v) is 6.05. The van der Waals surface area contributed by atoms with Crippen molar-refractivity contribution < 1.29 is 4.74 Å². The summed E-state index contributed by atoms with van der Waals surface area (Å²) in [7, 11) is 1.81. The summed E-state index contributed by atoms with van der Waals surface area (Å²) in [5, 5.41) is 5.72. The Morgan fingerprint density at radius 1 is 1.15 bits per heavy atom. The van der Waals surface area contributed by atoms with Gasteiger partial charge in [-0.05, 0) is 30.3 Å². The fourth-order valence-electron chi connectivity index (χ4n) is 1.71. The molecule has 1 aliphatic heterocycles. The number of hydrogen-bond acceptors (Lipinski definition) is 7. The quantitative estimate of drug-likeness (QED) is 0.723. The van der Waals surface area contributed by atoms with E-state index in [-0.39, 0.29) is 0 Å². The van der Waals surface area contributed by atoms with E-state index in [0.717, 1.165) is 0 Å². The fourth-order valence-corrected chi connectivity index (χ4v) is 1.71. The summed E-state index contributed by atoms with van der Waals surface area (Å²) >= 11 is 0. The monoisotopic (exact) mass is 270 g/mol. The summed E-state index contributed by atoms with van der Waals surface area (Å²) in [6, 6.07) is 12.6. The molecule has 0 saturated carbocycles. The third-order valence-electron chi connectivity index (χ3n) is 2.65. The molecule has 7 nitrogen and oxygen atoms in total. The summed E-state index contributed by atoms with van der Waals surface area (Å²) in [4.78, 5) is 4.39. The highest BCUT2D eigenvalue weighted by Crippen LogP contribution is 2.20. The number of amidine groups is 1. The molecule has 0 bridgehead atoms. The summed E-state index contributed by atoms with van der Waals surface area (Å²) in [5.41, 5.74) is 12.8. The van der Waals surface area contributed by atoms with Crippen molar-refractivity contribution in [2.24, 2.45) is 5.10 Å². The van der Waals surface area contributed by atoms with Crippen LogP contribution in [-0.4, -0.2) is 23.0 Å². The van der Waals surface area contributed by atoms with Crippen LogP contribution in [0.2, 0.25) is 0 Å². The van der Waals surface area contributed by atoms with Crippen molar-refractivity contribution in [3.8, 4) is 11.6 Å². The lowest BCUT2D eigenvalue weighted by molar-refractivity contribution is 0.231. The Morgan fingerprint density at radius 3 is 2.65 bits per heavy atom. The number of pyridine rings is 1. The van der Waals surface area contributed by atoms with Crippen LogP contribution < -0.4 is 21.4 Å². The van der Waals surface area contributed by atoms with Crippen molar-refractivity contribution >= 4 is 11.5 Å². The van der Waals surface area contributed by atoms with Gasteiger partial charge < -0.3 is 10.5 Å². The maximum atomic E-state index is 5.68. The number of ether oxygens (including phenoxy) is 1. The van der Waals surface area contributed by atoms with Gasteiger partial charge in [0.05, 0.1) is 0 Å². The number of aromatic nitrogens is 1. The van der Waals surface area contributed by atoms with Gasteiger partial charge in [-0.1, -0.05) is 6.07 Å². The molecule has 20 heavy (non-hydrogen) atoms. The predicted molar refractivity (Wildman–Crippen MR) is 75.7 cm³/mol. The van der Waals surface area contributed by atoms with Crippen LogP contribution in [0.3, 0.4) is 0 Å². The third kappa shape index (κ3) is 2.62. The highest BCUT2D eigenvalue weighted by molar-refractivity contribution is 5.97. The first kappa shape index (κ1) is 12.2. The highest BCUT2D eigenvalue weighted by Gasteiger charge is 2.14. The molecular formula is C13H14N6O. The smallest absolute Gasteiger partial charge is 0.219 e. The van der Waals surface area contributed by atoms with Crippen molar-refractivity contribution in [2.45, 2.75) is 0 Å². The second-order valence-corrected chi connectivity index (χ2v) is 4.26. The second kappa shape index (κ2) is 5.06. The van der Waals surface area contributed by atoms with E-state index >= 15 is 0 Å². The van der Waals surface area contributed by atoms with Crippen LogP contribution in [0.15, 0.2) is 47.6 Å². The highest BCUT2D eigenvalue weighted by atomic mass is 16.5. The van der Waals surface area contributed by atoms with Gasteiger partial charge in [0, 0.05) is 18.8 Å². The third-order valence-corrected chi connectivity index (χ3v) is 2.65. The second-order valence-electron chi connectivity index (χ2n) is 4.26. The molecule has 0 aliphatic carbocycles. The lowest BCUT2D eigenvalue weighted by atomic mass is 10.3. The minimum Gasteiger partial charge on any atom is -0.439 e. The van der Waals surface area contributed by atoms with Crippen molar-refractivity contribution in [3.63, 3.8) is 0 Å². The van der Waals surface area contributed by atoms with Gasteiger partial charge in [0.1, 0.15) is 11.4 Å². The molecule has 4 N–H and O–H groups in total. The van der Waals surface area contributed by atoms with E-state index in [1.54, 1.807) is 35.4 Å². The van der Waals surface area contributed by atoms with Gasteiger partial charge in [-0.3, -0.25) is 5.43 Å². The standard InChI is InChI=1S/C13H14N6O/c1-19-17-13(16-18-19)11-3-2-4-12(15-11)20-10-7-5-9(14)6-8-10/h2-8,18H,14H2,1H3,(H,16,17).